The number of hydrogen-bond donors (Lipinski definition) is 2. The first-order chi connectivity index (χ1) is 10.1. The molecule has 0 saturated heterocycles. The molecule has 5 nitrogen and oxygen atoms in total. The van der Waals surface area contributed by atoms with Crippen molar-refractivity contribution in [2.75, 3.05) is 5.32 Å². The number of aromatic nitrogens is 2. The van der Waals surface area contributed by atoms with E-state index in [4.69, 9.17) is 0 Å². The third-order valence-corrected chi connectivity index (χ3v) is 2.99. The average molecular weight is 317 g/mol. The van der Waals surface area contributed by atoms with Gasteiger partial charge in [0.25, 0.3) is 5.91 Å². The Bertz CT molecular complexity index is 738. The van der Waals surface area contributed by atoms with Gasteiger partial charge in [0.1, 0.15) is 17.4 Å². The van der Waals surface area contributed by atoms with Crippen molar-refractivity contribution in [3.63, 3.8) is 0 Å². The molecule has 0 fully saturated rings. The molecule has 2 N–H and O–H groups in total. The topological polar surface area (TPSA) is 67.2 Å². The van der Waals surface area contributed by atoms with E-state index in [0.29, 0.717) is 0 Å². The number of rotatable bonds is 2. The number of phenols is 1. The summed E-state index contributed by atoms with van der Waals surface area (Å²) in [7, 11) is 1.23. The Morgan fingerprint density at radius 1 is 1.36 bits per heavy atom. The second-order valence-electron chi connectivity index (χ2n) is 4.56. The lowest BCUT2D eigenvalue weighted by Gasteiger charge is -2.08. The number of carbonyl (C=O) groups is 1. The highest BCUT2D eigenvalue weighted by Crippen LogP contribution is 2.34. The van der Waals surface area contributed by atoms with E-state index >= 15 is 0 Å². The monoisotopic (exact) mass is 317 g/mol. The van der Waals surface area contributed by atoms with Crippen LogP contribution in [0.2, 0.25) is 0 Å². The molecule has 22 heavy (non-hydrogen) atoms. The van der Waals surface area contributed by atoms with Gasteiger partial charge in [0, 0.05) is 12.6 Å². The van der Waals surface area contributed by atoms with Crippen LogP contribution in [0.25, 0.3) is 0 Å². The number of nitrogens with zero attached hydrogens (tertiary/aromatic N) is 2. The zero-order valence-corrected chi connectivity index (χ0v) is 11.5. The van der Waals surface area contributed by atoms with Crippen molar-refractivity contribution in [3.05, 3.63) is 40.8 Å². The second kappa shape index (κ2) is 5.32. The predicted octanol–water partition coefficient (Wildman–Crippen LogP) is 2.84. The molecule has 0 aliphatic rings. The normalized spacial score (nSPS) is 11.5. The molecule has 1 aromatic carbocycles. The summed E-state index contributed by atoms with van der Waals surface area (Å²) in [6, 6.07) is 2.70. The summed E-state index contributed by atoms with van der Waals surface area (Å²) in [5.74, 6) is -2.40. The van der Waals surface area contributed by atoms with E-state index in [0.717, 1.165) is 29.8 Å². The molecular weight excluding hydrogens is 306 g/mol. The Hall–Kier alpha value is -2.58. The number of alkyl halides is 3. The van der Waals surface area contributed by atoms with Crippen molar-refractivity contribution in [1.82, 2.24) is 9.78 Å². The summed E-state index contributed by atoms with van der Waals surface area (Å²) in [5.41, 5.74) is -1.80. The summed E-state index contributed by atoms with van der Waals surface area (Å²) in [5, 5.41) is 15.0. The average Bonchev–Trinajstić information content (AvgIpc) is 2.69. The lowest BCUT2D eigenvalue weighted by atomic mass is 10.1. The molecule has 0 spiro atoms. The first-order valence-electron chi connectivity index (χ1n) is 6.02. The molecule has 1 heterocycles. The number of carbonyl (C=O) groups excluding carboxylic acids is 1. The first kappa shape index (κ1) is 15.8. The Morgan fingerprint density at radius 2 is 2.00 bits per heavy atom. The summed E-state index contributed by atoms with van der Waals surface area (Å²) in [4.78, 5) is 12.0. The molecule has 2 rings (SSSR count). The summed E-state index contributed by atoms with van der Waals surface area (Å²) >= 11 is 0. The molecule has 2 aromatic rings. The van der Waals surface area contributed by atoms with Crippen LogP contribution in [0.3, 0.4) is 0 Å². The standard InChI is InChI=1S/C13H11F4N3O2/c1-6-10(13(15,16)17)19-20(2)11(6)18-12(22)8-5-7(14)3-4-9(8)21/h3-5,21H,1-2H3,(H,18,22). The maximum Gasteiger partial charge on any atom is 0.435 e. The van der Waals surface area contributed by atoms with Gasteiger partial charge in [0.15, 0.2) is 5.69 Å². The van der Waals surface area contributed by atoms with E-state index in [2.05, 4.69) is 10.4 Å². The smallest absolute Gasteiger partial charge is 0.435 e. The summed E-state index contributed by atoms with van der Waals surface area (Å²) < 4.78 is 52.2. The fraction of sp³-hybridized carbons (Fsp3) is 0.231. The highest BCUT2D eigenvalue weighted by atomic mass is 19.4. The molecule has 0 aliphatic carbocycles. The van der Waals surface area contributed by atoms with Crippen molar-refractivity contribution < 1.29 is 27.5 Å². The molecule has 0 atom stereocenters. The van der Waals surface area contributed by atoms with Gasteiger partial charge in [-0.25, -0.2) is 4.39 Å². The highest BCUT2D eigenvalue weighted by molar-refractivity contribution is 6.06. The van der Waals surface area contributed by atoms with E-state index in [1.807, 2.05) is 0 Å². The highest BCUT2D eigenvalue weighted by Gasteiger charge is 2.37. The van der Waals surface area contributed by atoms with Crippen LogP contribution in [0, 0.1) is 12.7 Å². The molecule has 0 bridgehead atoms. The van der Waals surface area contributed by atoms with Crippen molar-refractivity contribution in [1.29, 1.82) is 0 Å². The van der Waals surface area contributed by atoms with Gasteiger partial charge in [-0.05, 0) is 25.1 Å². The van der Waals surface area contributed by atoms with Gasteiger partial charge in [0.05, 0.1) is 5.56 Å². The number of amides is 1. The minimum Gasteiger partial charge on any atom is -0.507 e. The van der Waals surface area contributed by atoms with Gasteiger partial charge < -0.3 is 10.4 Å². The first-order valence-corrected chi connectivity index (χ1v) is 6.02. The van der Waals surface area contributed by atoms with Gasteiger partial charge >= 0.3 is 6.18 Å². The number of anilines is 1. The van der Waals surface area contributed by atoms with Gasteiger partial charge in [-0.2, -0.15) is 18.3 Å². The number of benzene rings is 1. The molecule has 118 valence electrons. The minimum absolute atomic E-state index is 0.194. The predicted molar refractivity (Wildman–Crippen MR) is 69.0 cm³/mol. The molecule has 0 aliphatic heterocycles. The summed E-state index contributed by atoms with van der Waals surface area (Å²) in [6.07, 6.45) is -4.66. The molecule has 0 saturated carbocycles. The van der Waals surface area contributed by atoms with Gasteiger partial charge in [-0.3, -0.25) is 9.48 Å². The van der Waals surface area contributed by atoms with Gasteiger partial charge in [0.2, 0.25) is 0 Å². The molecule has 1 amide bonds. The number of phenolic OH excluding ortho intramolecular Hbond substituents is 1. The third-order valence-electron chi connectivity index (χ3n) is 2.99. The summed E-state index contributed by atoms with van der Waals surface area (Å²) in [6.45, 7) is 1.15. The molecular formula is C13H11F4N3O2. The van der Waals surface area contributed by atoms with Gasteiger partial charge in [-0.1, -0.05) is 0 Å². The van der Waals surface area contributed by atoms with Crippen molar-refractivity contribution >= 4 is 11.7 Å². The Morgan fingerprint density at radius 3 is 2.55 bits per heavy atom. The zero-order valence-electron chi connectivity index (χ0n) is 11.5. The number of aryl methyl sites for hydroxylation is 1. The fourth-order valence-corrected chi connectivity index (χ4v) is 1.94. The van der Waals surface area contributed by atoms with Crippen molar-refractivity contribution in [2.45, 2.75) is 13.1 Å². The van der Waals surface area contributed by atoms with E-state index in [-0.39, 0.29) is 11.4 Å². The van der Waals surface area contributed by atoms with Crippen LogP contribution in [0.15, 0.2) is 18.2 Å². The van der Waals surface area contributed by atoms with Crippen LogP contribution in [-0.2, 0) is 13.2 Å². The molecule has 9 heteroatoms. The lowest BCUT2D eigenvalue weighted by Crippen LogP contribution is -2.15. The Balaban J connectivity index is 2.37. The van der Waals surface area contributed by atoms with E-state index in [9.17, 15) is 27.5 Å². The van der Waals surface area contributed by atoms with Crippen LogP contribution in [0.5, 0.6) is 5.75 Å². The number of hydrogen-bond acceptors (Lipinski definition) is 3. The largest absolute Gasteiger partial charge is 0.507 e. The quantitative estimate of drug-likeness (QED) is 0.837. The molecule has 0 unspecified atom stereocenters. The van der Waals surface area contributed by atoms with Crippen LogP contribution in [-0.4, -0.2) is 20.8 Å². The van der Waals surface area contributed by atoms with Crippen LogP contribution in [0.1, 0.15) is 21.6 Å². The van der Waals surface area contributed by atoms with E-state index in [1.54, 1.807) is 0 Å². The number of nitrogens with one attached hydrogen (secondary N) is 1. The Labute approximate surface area is 122 Å². The zero-order chi connectivity index (χ0) is 16.7. The fourth-order valence-electron chi connectivity index (χ4n) is 1.94. The van der Waals surface area contributed by atoms with Crippen LogP contribution < -0.4 is 5.32 Å². The van der Waals surface area contributed by atoms with Crippen molar-refractivity contribution in [2.24, 2.45) is 7.05 Å². The van der Waals surface area contributed by atoms with Crippen LogP contribution >= 0.6 is 0 Å². The molecule has 0 radical (unpaired) electrons. The van der Waals surface area contributed by atoms with Crippen molar-refractivity contribution in [3.8, 4) is 5.75 Å². The minimum atomic E-state index is -4.66. The second-order valence-corrected chi connectivity index (χ2v) is 4.56. The van der Waals surface area contributed by atoms with Gasteiger partial charge in [-0.15, -0.1) is 0 Å². The lowest BCUT2D eigenvalue weighted by molar-refractivity contribution is -0.141. The van der Waals surface area contributed by atoms with E-state index in [1.165, 1.54) is 7.05 Å². The Kier molecular flexibility index (Phi) is 3.82. The molecule has 1 aromatic heterocycles. The number of halogens is 4. The third kappa shape index (κ3) is 2.87. The SMILES string of the molecule is Cc1c(C(F)(F)F)nn(C)c1NC(=O)c1cc(F)ccc1O. The maximum atomic E-state index is 13.1. The van der Waals surface area contributed by atoms with Crippen LogP contribution in [0.4, 0.5) is 23.4 Å². The van der Waals surface area contributed by atoms with E-state index < -0.39 is 34.9 Å². The maximum absolute atomic E-state index is 13.1. The number of aromatic hydroxyl groups is 1.